The van der Waals surface area contributed by atoms with Gasteiger partial charge in [0.05, 0.1) is 17.3 Å². The molecule has 0 saturated heterocycles. The highest BCUT2D eigenvalue weighted by Gasteiger charge is 2.16. The molecule has 0 spiro atoms. The number of nitriles is 1. The van der Waals surface area contributed by atoms with E-state index in [1.165, 1.54) is 6.08 Å². The van der Waals surface area contributed by atoms with Crippen LogP contribution in [-0.4, -0.2) is 12.5 Å². The van der Waals surface area contributed by atoms with E-state index in [0.717, 1.165) is 11.1 Å². The minimum atomic E-state index is -0.565. The molecule has 0 heterocycles. The topological polar surface area (TPSA) is 71.4 Å². The van der Waals surface area contributed by atoms with Gasteiger partial charge in [-0.2, -0.15) is 5.26 Å². The number of anilines is 1. The first-order valence-electron chi connectivity index (χ1n) is 10.9. The molecule has 1 amide bonds. The molecule has 0 unspecified atom stereocenters. The van der Waals surface area contributed by atoms with Crippen LogP contribution in [0.25, 0.3) is 6.08 Å². The SMILES string of the molecule is C=CCc1cc(/C=C(\C#N)C(=O)Nc2ccccc2Cl)cc(OCC)c1OCc1cccc(Cl)c1. The monoisotopic (exact) mass is 506 g/mol. The average molecular weight is 507 g/mol. The molecule has 0 bridgehead atoms. The molecule has 0 radical (unpaired) electrons. The first-order valence-corrected chi connectivity index (χ1v) is 11.7. The minimum absolute atomic E-state index is 0.0792. The second kappa shape index (κ2) is 12.7. The van der Waals surface area contributed by atoms with Crippen LogP contribution in [0.3, 0.4) is 0 Å². The van der Waals surface area contributed by atoms with Gasteiger partial charge in [0.15, 0.2) is 11.5 Å². The predicted octanol–water partition coefficient (Wildman–Crippen LogP) is 7.25. The highest BCUT2D eigenvalue weighted by atomic mass is 35.5. The van der Waals surface area contributed by atoms with E-state index in [1.54, 1.807) is 42.5 Å². The van der Waals surface area contributed by atoms with Crippen LogP contribution in [0.1, 0.15) is 23.6 Å². The number of para-hydroxylation sites is 1. The largest absolute Gasteiger partial charge is 0.490 e. The predicted molar refractivity (Wildman–Crippen MR) is 141 cm³/mol. The summed E-state index contributed by atoms with van der Waals surface area (Å²) >= 11 is 12.2. The van der Waals surface area contributed by atoms with Crippen molar-refractivity contribution in [2.45, 2.75) is 20.0 Å². The Morgan fingerprint density at radius 2 is 1.91 bits per heavy atom. The average Bonchev–Trinajstić information content (AvgIpc) is 2.84. The number of hydrogen-bond donors (Lipinski definition) is 1. The fourth-order valence-electron chi connectivity index (χ4n) is 3.35. The molecule has 0 fully saturated rings. The van der Waals surface area contributed by atoms with Gasteiger partial charge in [0.25, 0.3) is 5.91 Å². The number of ether oxygens (including phenoxy) is 2. The first-order chi connectivity index (χ1) is 16.9. The lowest BCUT2D eigenvalue weighted by molar-refractivity contribution is -0.112. The molecule has 0 saturated carbocycles. The van der Waals surface area contributed by atoms with E-state index >= 15 is 0 Å². The van der Waals surface area contributed by atoms with Crippen LogP contribution in [0.5, 0.6) is 11.5 Å². The summed E-state index contributed by atoms with van der Waals surface area (Å²) in [6.07, 6.45) is 3.75. The maximum Gasteiger partial charge on any atom is 0.266 e. The molecule has 35 heavy (non-hydrogen) atoms. The van der Waals surface area contributed by atoms with Crippen molar-refractivity contribution in [2.75, 3.05) is 11.9 Å². The van der Waals surface area contributed by atoms with Crippen LogP contribution in [0.2, 0.25) is 10.0 Å². The van der Waals surface area contributed by atoms with Crippen molar-refractivity contribution < 1.29 is 14.3 Å². The first kappa shape index (κ1) is 25.9. The van der Waals surface area contributed by atoms with Gasteiger partial charge in [-0.1, -0.05) is 53.5 Å². The van der Waals surface area contributed by atoms with Gasteiger partial charge < -0.3 is 14.8 Å². The van der Waals surface area contributed by atoms with Crippen LogP contribution in [-0.2, 0) is 17.8 Å². The van der Waals surface area contributed by atoms with Crippen LogP contribution in [0.15, 0.2) is 78.9 Å². The van der Waals surface area contributed by atoms with E-state index in [2.05, 4.69) is 11.9 Å². The molecule has 178 valence electrons. The van der Waals surface area contributed by atoms with Crippen molar-refractivity contribution in [3.05, 3.63) is 106 Å². The quantitative estimate of drug-likeness (QED) is 0.178. The smallest absolute Gasteiger partial charge is 0.266 e. The van der Waals surface area contributed by atoms with Crippen LogP contribution in [0.4, 0.5) is 5.69 Å². The third-order valence-electron chi connectivity index (χ3n) is 4.89. The Balaban J connectivity index is 1.94. The van der Waals surface area contributed by atoms with E-state index in [0.29, 0.717) is 52.4 Å². The van der Waals surface area contributed by atoms with E-state index in [9.17, 15) is 10.1 Å². The Bertz CT molecular complexity index is 1300. The van der Waals surface area contributed by atoms with Gasteiger partial charge in [0.1, 0.15) is 18.2 Å². The van der Waals surface area contributed by atoms with Gasteiger partial charge >= 0.3 is 0 Å². The third kappa shape index (κ3) is 7.13. The van der Waals surface area contributed by atoms with Crippen LogP contribution < -0.4 is 14.8 Å². The van der Waals surface area contributed by atoms with E-state index < -0.39 is 5.91 Å². The molecular formula is C28H24Cl2N2O3. The molecule has 7 heteroatoms. The lowest BCUT2D eigenvalue weighted by atomic mass is 10.0. The van der Waals surface area contributed by atoms with Crippen molar-refractivity contribution >= 4 is 40.9 Å². The van der Waals surface area contributed by atoms with E-state index in [-0.39, 0.29) is 5.57 Å². The summed E-state index contributed by atoms with van der Waals surface area (Å²) in [4.78, 5) is 12.7. The molecule has 0 aliphatic heterocycles. The van der Waals surface area contributed by atoms with Gasteiger partial charge in [-0.3, -0.25) is 4.79 Å². The van der Waals surface area contributed by atoms with Crippen LogP contribution >= 0.6 is 23.2 Å². The van der Waals surface area contributed by atoms with E-state index in [4.69, 9.17) is 32.7 Å². The van der Waals surface area contributed by atoms with Gasteiger partial charge in [-0.15, -0.1) is 6.58 Å². The Hall–Kier alpha value is -3.72. The van der Waals surface area contributed by atoms with Gasteiger partial charge in [-0.25, -0.2) is 0 Å². The van der Waals surface area contributed by atoms with Crippen molar-refractivity contribution in [1.29, 1.82) is 5.26 Å². The highest BCUT2D eigenvalue weighted by Crippen LogP contribution is 2.35. The molecule has 3 aromatic rings. The normalized spacial score (nSPS) is 10.9. The molecule has 5 nitrogen and oxygen atoms in total. The summed E-state index contributed by atoms with van der Waals surface area (Å²) in [6.45, 7) is 6.41. The zero-order valence-electron chi connectivity index (χ0n) is 19.2. The van der Waals surface area contributed by atoms with E-state index in [1.807, 2.05) is 37.3 Å². The number of nitrogens with zero attached hydrogens (tertiary/aromatic N) is 1. The van der Waals surface area contributed by atoms with Crippen molar-refractivity contribution in [3.63, 3.8) is 0 Å². The lowest BCUT2D eigenvalue weighted by Crippen LogP contribution is -2.13. The van der Waals surface area contributed by atoms with Gasteiger partial charge in [0.2, 0.25) is 0 Å². The number of hydrogen-bond acceptors (Lipinski definition) is 4. The molecule has 0 aromatic heterocycles. The molecule has 0 aliphatic carbocycles. The zero-order chi connectivity index (χ0) is 25.2. The Labute approximate surface area is 215 Å². The maximum absolute atomic E-state index is 12.7. The summed E-state index contributed by atoms with van der Waals surface area (Å²) in [7, 11) is 0. The Kier molecular flexibility index (Phi) is 9.37. The Morgan fingerprint density at radius 1 is 1.11 bits per heavy atom. The molecular weight excluding hydrogens is 483 g/mol. The molecule has 3 rings (SSSR count). The minimum Gasteiger partial charge on any atom is -0.490 e. The second-order valence-corrected chi connectivity index (χ2v) is 8.30. The van der Waals surface area contributed by atoms with Crippen molar-refractivity contribution in [3.8, 4) is 17.6 Å². The summed E-state index contributed by atoms with van der Waals surface area (Å²) in [5, 5.41) is 13.3. The fraction of sp³-hybridized carbons (Fsp3) is 0.143. The van der Waals surface area contributed by atoms with Gasteiger partial charge in [0, 0.05) is 10.6 Å². The number of carbonyl (C=O) groups excluding carboxylic acids is 1. The number of carbonyl (C=O) groups is 1. The number of benzene rings is 3. The highest BCUT2D eigenvalue weighted by molar-refractivity contribution is 6.34. The standard InChI is InChI=1S/C28H24Cl2N2O3/c1-3-8-21-13-20(14-22(17-31)28(33)32-25-12-6-5-11-24(25)30)16-26(34-4-2)27(21)35-18-19-9-7-10-23(29)15-19/h3,5-7,9-16H,1,4,8,18H2,2H3,(H,32,33)/b22-14+. The second-order valence-electron chi connectivity index (χ2n) is 7.46. The third-order valence-corrected chi connectivity index (χ3v) is 5.45. The number of rotatable bonds is 10. The van der Waals surface area contributed by atoms with Crippen molar-refractivity contribution in [2.24, 2.45) is 0 Å². The van der Waals surface area contributed by atoms with Crippen molar-refractivity contribution in [1.82, 2.24) is 0 Å². The Morgan fingerprint density at radius 3 is 2.60 bits per heavy atom. The summed E-state index contributed by atoms with van der Waals surface area (Å²) in [6, 6.07) is 19.8. The molecule has 1 N–H and O–H groups in total. The summed E-state index contributed by atoms with van der Waals surface area (Å²) in [5.74, 6) is 0.511. The number of amides is 1. The fourth-order valence-corrected chi connectivity index (χ4v) is 3.75. The van der Waals surface area contributed by atoms with Gasteiger partial charge in [-0.05, 0) is 66.9 Å². The zero-order valence-corrected chi connectivity index (χ0v) is 20.7. The molecule has 0 atom stereocenters. The number of halogens is 2. The lowest BCUT2D eigenvalue weighted by Gasteiger charge is -2.17. The molecule has 0 aliphatic rings. The molecule has 3 aromatic carbocycles. The summed E-state index contributed by atoms with van der Waals surface area (Å²) < 4.78 is 12.0. The number of nitrogens with one attached hydrogen (secondary N) is 1. The van der Waals surface area contributed by atoms with Crippen LogP contribution in [0, 0.1) is 11.3 Å². The maximum atomic E-state index is 12.7. The number of allylic oxidation sites excluding steroid dienone is 1. The summed E-state index contributed by atoms with van der Waals surface area (Å²) in [5.41, 5.74) is 2.68.